The Morgan fingerprint density at radius 3 is 2.38 bits per heavy atom. The summed E-state index contributed by atoms with van der Waals surface area (Å²) in [5.41, 5.74) is 4.78. The number of nitrogens with zero attached hydrogens (tertiary/aromatic N) is 2. The van der Waals surface area contributed by atoms with E-state index in [1.807, 2.05) is 0 Å². The topological polar surface area (TPSA) is 46.9 Å². The number of aromatic nitrogens is 2. The molecule has 1 atom stereocenters. The Labute approximate surface area is 192 Å². The highest BCUT2D eigenvalue weighted by atomic mass is 16.2. The second kappa shape index (κ2) is 8.04. The average Bonchev–Trinajstić information content (AvgIpc) is 2.93. The highest BCUT2D eigenvalue weighted by molar-refractivity contribution is 5.94. The Morgan fingerprint density at radius 2 is 1.69 bits per heavy atom. The highest BCUT2D eigenvalue weighted by Crippen LogP contribution is 2.61. The van der Waals surface area contributed by atoms with E-state index in [1.54, 1.807) is 0 Å². The number of carbonyl (C=O) groups is 1. The maximum atomic E-state index is 13.6. The molecule has 4 nitrogen and oxygen atoms in total. The van der Waals surface area contributed by atoms with Gasteiger partial charge in [-0.2, -0.15) is 5.10 Å². The Balaban J connectivity index is 1.26. The second-order valence-corrected chi connectivity index (χ2v) is 11.5. The number of hydrogen-bond acceptors (Lipinski definition) is 2. The normalized spacial score (nSPS) is 31.7. The van der Waals surface area contributed by atoms with Gasteiger partial charge < -0.3 is 5.32 Å². The van der Waals surface area contributed by atoms with Crippen LogP contribution in [0, 0.1) is 23.2 Å². The molecule has 7 rings (SSSR count). The number of rotatable bonds is 5. The molecule has 32 heavy (non-hydrogen) atoms. The first-order valence-corrected chi connectivity index (χ1v) is 13.0. The summed E-state index contributed by atoms with van der Waals surface area (Å²) < 4.78 is 2.13. The lowest BCUT2D eigenvalue weighted by atomic mass is 9.48. The van der Waals surface area contributed by atoms with Crippen LogP contribution in [0.3, 0.4) is 0 Å². The van der Waals surface area contributed by atoms with Crippen molar-refractivity contribution in [3.05, 3.63) is 52.8 Å². The van der Waals surface area contributed by atoms with Gasteiger partial charge >= 0.3 is 0 Å². The van der Waals surface area contributed by atoms with E-state index in [2.05, 4.69) is 47.3 Å². The van der Waals surface area contributed by atoms with E-state index in [0.717, 1.165) is 43.6 Å². The molecule has 1 heterocycles. The number of carbonyl (C=O) groups excluding carboxylic acids is 1. The van der Waals surface area contributed by atoms with Gasteiger partial charge in [-0.1, -0.05) is 36.8 Å². The molecule has 1 aromatic carbocycles. The van der Waals surface area contributed by atoms with Crippen molar-refractivity contribution in [3.63, 3.8) is 0 Å². The molecule has 5 aliphatic carbocycles. The van der Waals surface area contributed by atoms with Gasteiger partial charge in [-0.05, 0) is 99.9 Å². The van der Waals surface area contributed by atoms with Crippen LogP contribution in [0.4, 0.5) is 0 Å². The van der Waals surface area contributed by atoms with Crippen molar-refractivity contribution in [2.75, 3.05) is 0 Å². The van der Waals surface area contributed by atoms with E-state index in [1.165, 1.54) is 68.2 Å². The minimum atomic E-state index is 0.0678. The monoisotopic (exact) mass is 431 g/mol. The molecule has 0 saturated heterocycles. The van der Waals surface area contributed by atoms with Crippen LogP contribution >= 0.6 is 0 Å². The SMILES string of the molecule is CC(NC(=O)c1nn(Cc2ccccc2)c2c1CCCCC2)C12CC3CC(CC(C3)C1)C2. The third kappa shape index (κ3) is 3.60. The van der Waals surface area contributed by atoms with E-state index < -0.39 is 0 Å². The number of nitrogens with one attached hydrogen (secondary N) is 1. The van der Waals surface area contributed by atoms with Gasteiger partial charge in [-0.15, -0.1) is 0 Å². The molecule has 1 aromatic heterocycles. The van der Waals surface area contributed by atoms with Crippen molar-refractivity contribution in [1.82, 2.24) is 15.1 Å². The summed E-state index contributed by atoms with van der Waals surface area (Å²) in [5.74, 6) is 2.78. The molecule has 2 aromatic rings. The summed E-state index contributed by atoms with van der Waals surface area (Å²) in [7, 11) is 0. The van der Waals surface area contributed by atoms with E-state index in [4.69, 9.17) is 5.10 Å². The lowest BCUT2D eigenvalue weighted by Gasteiger charge is -2.59. The summed E-state index contributed by atoms with van der Waals surface area (Å²) >= 11 is 0. The molecule has 1 unspecified atom stereocenters. The van der Waals surface area contributed by atoms with Crippen LogP contribution in [-0.4, -0.2) is 21.7 Å². The van der Waals surface area contributed by atoms with Crippen LogP contribution in [0.5, 0.6) is 0 Å². The summed E-state index contributed by atoms with van der Waals surface area (Å²) in [6, 6.07) is 10.8. The summed E-state index contributed by atoms with van der Waals surface area (Å²) in [6.45, 7) is 3.03. The minimum absolute atomic E-state index is 0.0678. The molecular formula is C28H37N3O. The predicted octanol–water partition coefficient (Wildman–Crippen LogP) is 5.54. The van der Waals surface area contributed by atoms with Crippen molar-refractivity contribution in [2.45, 2.75) is 90.1 Å². The molecule has 0 radical (unpaired) electrons. The van der Waals surface area contributed by atoms with E-state index in [9.17, 15) is 4.79 Å². The smallest absolute Gasteiger partial charge is 0.272 e. The van der Waals surface area contributed by atoms with Crippen molar-refractivity contribution in [2.24, 2.45) is 23.2 Å². The van der Waals surface area contributed by atoms with Gasteiger partial charge in [-0.3, -0.25) is 9.48 Å². The van der Waals surface area contributed by atoms with E-state index in [0.29, 0.717) is 11.1 Å². The van der Waals surface area contributed by atoms with Gasteiger partial charge in [0.25, 0.3) is 5.91 Å². The Morgan fingerprint density at radius 1 is 1.03 bits per heavy atom. The molecule has 4 heteroatoms. The minimum Gasteiger partial charge on any atom is -0.348 e. The van der Waals surface area contributed by atoms with Crippen LogP contribution in [-0.2, 0) is 19.4 Å². The van der Waals surface area contributed by atoms with Crippen LogP contribution < -0.4 is 5.32 Å². The summed E-state index contributed by atoms with van der Waals surface area (Å²) in [6.07, 6.45) is 13.9. The first-order valence-electron chi connectivity index (χ1n) is 13.0. The molecule has 0 spiro atoms. The third-order valence-electron chi connectivity index (χ3n) is 9.25. The maximum absolute atomic E-state index is 13.6. The molecular weight excluding hydrogens is 394 g/mol. The molecule has 1 N–H and O–H groups in total. The molecule has 0 aliphatic heterocycles. The second-order valence-electron chi connectivity index (χ2n) is 11.5. The van der Waals surface area contributed by atoms with Crippen molar-refractivity contribution in [1.29, 1.82) is 0 Å². The zero-order valence-corrected chi connectivity index (χ0v) is 19.5. The van der Waals surface area contributed by atoms with Gasteiger partial charge in [0, 0.05) is 17.3 Å². The van der Waals surface area contributed by atoms with Crippen LogP contribution in [0.15, 0.2) is 30.3 Å². The Hall–Kier alpha value is -2.10. The largest absolute Gasteiger partial charge is 0.348 e. The Bertz CT molecular complexity index is 956. The van der Waals surface area contributed by atoms with Crippen LogP contribution in [0.2, 0.25) is 0 Å². The van der Waals surface area contributed by atoms with E-state index >= 15 is 0 Å². The fourth-order valence-corrected chi connectivity index (χ4v) is 8.04. The van der Waals surface area contributed by atoms with Crippen LogP contribution in [0.25, 0.3) is 0 Å². The quantitative estimate of drug-likeness (QED) is 0.632. The molecule has 4 bridgehead atoms. The fourth-order valence-electron chi connectivity index (χ4n) is 8.04. The van der Waals surface area contributed by atoms with Crippen molar-refractivity contribution in [3.8, 4) is 0 Å². The van der Waals surface area contributed by atoms with Gasteiger partial charge in [0.15, 0.2) is 5.69 Å². The van der Waals surface area contributed by atoms with Crippen molar-refractivity contribution < 1.29 is 4.79 Å². The highest BCUT2D eigenvalue weighted by Gasteiger charge is 2.53. The molecule has 4 fully saturated rings. The average molecular weight is 432 g/mol. The van der Waals surface area contributed by atoms with Gasteiger partial charge in [0.1, 0.15) is 0 Å². The van der Waals surface area contributed by atoms with E-state index in [-0.39, 0.29) is 11.9 Å². The van der Waals surface area contributed by atoms with Gasteiger partial charge in [0.05, 0.1) is 6.54 Å². The number of fused-ring (bicyclic) bond motifs is 1. The number of amides is 1. The zero-order valence-electron chi connectivity index (χ0n) is 19.5. The Kier molecular flexibility index (Phi) is 5.15. The van der Waals surface area contributed by atoms with Gasteiger partial charge in [-0.25, -0.2) is 0 Å². The van der Waals surface area contributed by atoms with Gasteiger partial charge in [0.2, 0.25) is 0 Å². The lowest BCUT2D eigenvalue weighted by molar-refractivity contribution is -0.0688. The zero-order chi connectivity index (χ0) is 21.7. The molecule has 170 valence electrons. The molecule has 4 saturated carbocycles. The first kappa shape index (κ1) is 20.5. The fraction of sp³-hybridized carbons (Fsp3) is 0.643. The third-order valence-corrected chi connectivity index (χ3v) is 9.25. The molecule has 5 aliphatic rings. The number of benzene rings is 1. The molecule has 1 amide bonds. The van der Waals surface area contributed by atoms with Crippen molar-refractivity contribution >= 4 is 5.91 Å². The first-order chi connectivity index (χ1) is 15.6. The summed E-state index contributed by atoms with van der Waals surface area (Å²) in [5, 5.41) is 8.42. The van der Waals surface area contributed by atoms with Crippen LogP contribution in [0.1, 0.15) is 92.0 Å². The number of hydrogen-bond donors (Lipinski definition) is 1. The maximum Gasteiger partial charge on any atom is 0.272 e. The lowest BCUT2D eigenvalue weighted by Crippen LogP contribution is -2.55. The summed E-state index contributed by atoms with van der Waals surface area (Å²) in [4.78, 5) is 13.6. The standard InChI is InChI=1S/C28H37N3O/c1-19(28-15-21-12-22(16-28)14-23(13-21)17-28)29-27(32)26-24-10-6-3-7-11-25(24)31(30-26)18-20-8-4-2-5-9-20/h2,4-5,8-9,19,21-23H,3,6-7,10-18H2,1H3,(H,29,32). The predicted molar refractivity (Wildman–Crippen MR) is 127 cm³/mol.